The Kier molecular flexibility index (Phi) is 10.1. The Hall–Kier alpha value is -3.50. The van der Waals surface area contributed by atoms with Gasteiger partial charge >= 0.3 is 6.09 Å². The summed E-state index contributed by atoms with van der Waals surface area (Å²) in [6.07, 6.45) is 4.99. The van der Waals surface area contributed by atoms with Gasteiger partial charge in [-0.1, -0.05) is 44.2 Å². The SMILES string of the molecule is CN[C@@H](C)C(=O)N[C@H](C(=O)N1CCN(Cc2cccnc2)C[C@@H]1OC(=O)NC1CCCc2ccccc21)C(C)C. The second-order valence-electron chi connectivity index (χ2n) is 11.0. The summed E-state index contributed by atoms with van der Waals surface area (Å²) in [6, 6.07) is 10.7. The molecule has 2 aliphatic rings. The van der Waals surface area contributed by atoms with Crippen LogP contribution < -0.4 is 16.0 Å². The third-order valence-corrected chi connectivity index (χ3v) is 7.79. The minimum atomic E-state index is -0.809. The summed E-state index contributed by atoms with van der Waals surface area (Å²) in [7, 11) is 1.70. The van der Waals surface area contributed by atoms with Crippen molar-refractivity contribution in [3.8, 4) is 0 Å². The van der Waals surface area contributed by atoms with Crippen LogP contribution in [-0.2, 0) is 27.3 Å². The molecule has 40 heavy (non-hydrogen) atoms. The van der Waals surface area contributed by atoms with Gasteiger partial charge in [-0.15, -0.1) is 0 Å². The number of alkyl carbamates (subject to hydrolysis) is 1. The van der Waals surface area contributed by atoms with Crippen molar-refractivity contribution >= 4 is 17.9 Å². The van der Waals surface area contributed by atoms with E-state index >= 15 is 0 Å². The highest BCUT2D eigenvalue weighted by Gasteiger charge is 2.38. The molecule has 4 rings (SSSR count). The van der Waals surface area contributed by atoms with Crippen molar-refractivity contribution in [3.05, 3.63) is 65.5 Å². The average molecular weight is 551 g/mol. The zero-order valence-corrected chi connectivity index (χ0v) is 23.9. The van der Waals surface area contributed by atoms with E-state index in [9.17, 15) is 14.4 Å². The van der Waals surface area contributed by atoms with Crippen LogP contribution in [-0.4, -0.2) is 77.7 Å². The zero-order chi connectivity index (χ0) is 28.6. The first-order valence-electron chi connectivity index (χ1n) is 14.2. The average Bonchev–Trinajstić information content (AvgIpc) is 2.95. The molecule has 1 fully saturated rings. The normalized spacial score (nSPS) is 20.8. The Bertz CT molecular complexity index is 1160. The molecule has 4 atom stereocenters. The summed E-state index contributed by atoms with van der Waals surface area (Å²) < 4.78 is 5.99. The number of benzene rings is 1. The lowest BCUT2D eigenvalue weighted by Crippen LogP contribution is -2.62. The number of hydrogen-bond acceptors (Lipinski definition) is 7. The van der Waals surface area contributed by atoms with Crippen LogP contribution in [0.3, 0.4) is 0 Å². The smallest absolute Gasteiger partial charge is 0.409 e. The largest absolute Gasteiger partial charge is 0.424 e. The molecule has 1 aromatic heterocycles. The molecule has 1 aliphatic carbocycles. The number of ether oxygens (including phenoxy) is 1. The summed E-state index contributed by atoms with van der Waals surface area (Å²) >= 11 is 0. The molecule has 216 valence electrons. The first-order valence-corrected chi connectivity index (χ1v) is 14.2. The predicted octanol–water partition coefficient (Wildman–Crippen LogP) is 2.60. The van der Waals surface area contributed by atoms with Crippen LogP contribution >= 0.6 is 0 Å². The molecule has 0 saturated carbocycles. The molecule has 2 heterocycles. The van der Waals surface area contributed by atoms with Crippen molar-refractivity contribution in [3.63, 3.8) is 0 Å². The van der Waals surface area contributed by atoms with E-state index in [1.54, 1.807) is 25.1 Å². The molecule has 2 aromatic rings. The number of carbonyl (C=O) groups excluding carboxylic acids is 3. The van der Waals surface area contributed by atoms with E-state index in [0.29, 0.717) is 26.2 Å². The van der Waals surface area contributed by atoms with Crippen LogP contribution in [0.5, 0.6) is 0 Å². The molecule has 1 aromatic carbocycles. The third-order valence-electron chi connectivity index (χ3n) is 7.79. The van der Waals surface area contributed by atoms with Gasteiger partial charge in [-0.2, -0.15) is 0 Å². The fourth-order valence-corrected chi connectivity index (χ4v) is 5.36. The Morgan fingerprint density at radius 1 is 1.10 bits per heavy atom. The molecule has 1 unspecified atom stereocenters. The van der Waals surface area contributed by atoms with Gasteiger partial charge in [0.2, 0.25) is 11.8 Å². The number of aromatic nitrogens is 1. The highest BCUT2D eigenvalue weighted by atomic mass is 16.6. The van der Waals surface area contributed by atoms with Gasteiger partial charge in [0.25, 0.3) is 0 Å². The molecule has 0 radical (unpaired) electrons. The van der Waals surface area contributed by atoms with Crippen LogP contribution in [0.2, 0.25) is 0 Å². The monoisotopic (exact) mass is 550 g/mol. The van der Waals surface area contributed by atoms with E-state index in [1.165, 1.54) is 5.56 Å². The van der Waals surface area contributed by atoms with Gasteiger partial charge in [0.15, 0.2) is 6.23 Å². The van der Waals surface area contributed by atoms with Gasteiger partial charge in [-0.05, 0) is 61.9 Å². The molecule has 3 amide bonds. The quantitative estimate of drug-likeness (QED) is 0.440. The second-order valence-corrected chi connectivity index (χ2v) is 11.0. The standard InChI is InChI=1S/C30H42N6O4/c1-20(2)27(34-28(37)21(3)31-4)29(38)36-16-15-35(18-22-9-8-14-32-17-22)19-26(36)40-30(39)33-25-13-7-11-23-10-5-6-12-24(23)25/h5-6,8-10,12,14,17,20-21,25-27,31H,7,11,13,15-16,18-19H2,1-4H3,(H,33,39)(H,34,37)/t21-,25?,26-,27-/m0/s1. The Labute approximate surface area is 236 Å². The van der Waals surface area contributed by atoms with Gasteiger partial charge in [-0.3, -0.25) is 19.5 Å². The van der Waals surface area contributed by atoms with Gasteiger partial charge in [0, 0.05) is 32.0 Å². The summed E-state index contributed by atoms with van der Waals surface area (Å²) in [5, 5.41) is 8.85. The number of nitrogens with one attached hydrogen (secondary N) is 3. The summed E-state index contributed by atoms with van der Waals surface area (Å²) in [5.41, 5.74) is 3.39. The first kappa shape index (κ1) is 29.5. The van der Waals surface area contributed by atoms with E-state index < -0.39 is 24.4 Å². The van der Waals surface area contributed by atoms with E-state index in [0.717, 1.165) is 30.4 Å². The number of hydrogen-bond donors (Lipinski definition) is 3. The highest BCUT2D eigenvalue weighted by molar-refractivity contribution is 5.90. The molecule has 0 spiro atoms. The maximum absolute atomic E-state index is 13.8. The third kappa shape index (κ3) is 7.37. The Morgan fingerprint density at radius 3 is 2.62 bits per heavy atom. The summed E-state index contributed by atoms with van der Waals surface area (Å²) in [4.78, 5) is 47.7. The number of amides is 3. The number of piperazine rings is 1. The van der Waals surface area contributed by atoms with Crippen LogP contribution in [0.15, 0.2) is 48.8 Å². The van der Waals surface area contributed by atoms with Gasteiger partial charge < -0.3 is 25.6 Å². The zero-order valence-electron chi connectivity index (χ0n) is 23.9. The fraction of sp³-hybridized carbons (Fsp3) is 0.533. The minimum absolute atomic E-state index is 0.137. The van der Waals surface area contributed by atoms with Crippen molar-refractivity contribution in [1.82, 2.24) is 30.7 Å². The number of aryl methyl sites for hydroxylation is 1. The van der Waals surface area contributed by atoms with E-state index in [4.69, 9.17) is 4.74 Å². The molecule has 10 nitrogen and oxygen atoms in total. The molecule has 3 N–H and O–H groups in total. The number of nitrogens with zero attached hydrogens (tertiary/aromatic N) is 3. The lowest BCUT2D eigenvalue weighted by atomic mass is 9.88. The molecular weight excluding hydrogens is 508 g/mol. The maximum atomic E-state index is 13.8. The Morgan fingerprint density at radius 2 is 1.90 bits per heavy atom. The lowest BCUT2D eigenvalue weighted by Gasteiger charge is -2.42. The number of carbonyl (C=O) groups is 3. The van der Waals surface area contributed by atoms with Crippen LogP contribution in [0.4, 0.5) is 4.79 Å². The van der Waals surface area contributed by atoms with E-state index in [1.807, 2.05) is 50.4 Å². The van der Waals surface area contributed by atoms with E-state index in [2.05, 4.69) is 31.9 Å². The number of pyridine rings is 1. The molecular formula is C30H42N6O4. The number of fused-ring (bicyclic) bond motifs is 1. The first-order chi connectivity index (χ1) is 19.3. The minimum Gasteiger partial charge on any atom is -0.424 e. The van der Waals surface area contributed by atoms with Gasteiger partial charge in [0.05, 0.1) is 18.6 Å². The number of rotatable bonds is 9. The molecule has 1 saturated heterocycles. The topological polar surface area (TPSA) is 116 Å². The van der Waals surface area contributed by atoms with Crippen LogP contribution in [0, 0.1) is 5.92 Å². The lowest BCUT2D eigenvalue weighted by molar-refractivity contribution is -0.153. The van der Waals surface area contributed by atoms with Crippen molar-refractivity contribution in [2.45, 2.75) is 70.9 Å². The predicted molar refractivity (Wildman–Crippen MR) is 152 cm³/mol. The summed E-state index contributed by atoms with van der Waals surface area (Å²) in [5.74, 6) is -0.661. The van der Waals surface area contributed by atoms with Crippen LogP contribution in [0.25, 0.3) is 0 Å². The van der Waals surface area contributed by atoms with Crippen molar-refractivity contribution in [1.29, 1.82) is 0 Å². The second kappa shape index (κ2) is 13.7. The molecule has 1 aliphatic heterocycles. The summed E-state index contributed by atoms with van der Waals surface area (Å²) in [6.45, 7) is 7.48. The van der Waals surface area contributed by atoms with E-state index in [-0.39, 0.29) is 23.8 Å². The van der Waals surface area contributed by atoms with Crippen molar-refractivity contribution in [2.24, 2.45) is 5.92 Å². The van der Waals surface area contributed by atoms with Crippen LogP contribution in [0.1, 0.15) is 56.3 Å². The number of likely N-dealkylation sites (N-methyl/N-ethyl adjacent to an activating group) is 1. The maximum Gasteiger partial charge on any atom is 0.409 e. The van der Waals surface area contributed by atoms with Gasteiger partial charge in [-0.25, -0.2) is 4.79 Å². The van der Waals surface area contributed by atoms with Crippen molar-refractivity contribution < 1.29 is 19.1 Å². The van der Waals surface area contributed by atoms with Gasteiger partial charge in [0.1, 0.15) is 6.04 Å². The Balaban J connectivity index is 1.50. The molecule has 0 bridgehead atoms. The molecule has 10 heteroatoms. The van der Waals surface area contributed by atoms with Crippen molar-refractivity contribution in [2.75, 3.05) is 26.7 Å². The highest BCUT2D eigenvalue weighted by Crippen LogP contribution is 2.29. The fourth-order valence-electron chi connectivity index (χ4n) is 5.36.